The number of halogens is 1. The van der Waals surface area contributed by atoms with Crippen LogP contribution in [0.15, 0.2) is 46.9 Å². The first-order chi connectivity index (χ1) is 9.97. The lowest BCUT2D eigenvalue weighted by atomic mass is 10.1. The summed E-state index contributed by atoms with van der Waals surface area (Å²) in [5, 5.41) is 2.85. The van der Waals surface area contributed by atoms with E-state index in [1.807, 2.05) is 56.3 Å². The predicted octanol–water partition coefficient (Wildman–Crippen LogP) is 4.47. The second-order valence-corrected chi connectivity index (χ2v) is 5.85. The van der Waals surface area contributed by atoms with Crippen LogP contribution in [0.25, 0.3) is 0 Å². The fraction of sp³-hybridized carbons (Fsp3) is 0.235. The van der Waals surface area contributed by atoms with Crippen molar-refractivity contribution in [2.24, 2.45) is 0 Å². The Labute approximate surface area is 133 Å². The van der Waals surface area contributed by atoms with Crippen molar-refractivity contribution in [2.45, 2.75) is 26.9 Å². The Morgan fingerprint density at radius 3 is 2.57 bits per heavy atom. The van der Waals surface area contributed by atoms with E-state index in [4.69, 9.17) is 4.74 Å². The van der Waals surface area contributed by atoms with Gasteiger partial charge in [-0.25, -0.2) is 0 Å². The molecule has 0 saturated carbocycles. The van der Waals surface area contributed by atoms with E-state index in [-0.39, 0.29) is 5.91 Å². The van der Waals surface area contributed by atoms with Gasteiger partial charge in [0.15, 0.2) is 6.10 Å². The first-order valence-corrected chi connectivity index (χ1v) is 7.56. The van der Waals surface area contributed by atoms with Crippen LogP contribution in [-0.4, -0.2) is 12.0 Å². The van der Waals surface area contributed by atoms with Crippen LogP contribution in [-0.2, 0) is 4.79 Å². The molecule has 4 heteroatoms. The number of carbonyl (C=O) groups is 1. The van der Waals surface area contributed by atoms with E-state index in [0.717, 1.165) is 21.5 Å². The number of hydrogen-bond donors (Lipinski definition) is 1. The number of benzene rings is 2. The zero-order valence-corrected chi connectivity index (χ0v) is 13.9. The van der Waals surface area contributed by atoms with E-state index in [9.17, 15) is 4.79 Å². The molecule has 0 aromatic heterocycles. The lowest BCUT2D eigenvalue weighted by molar-refractivity contribution is -0.122. The molecule has 2 rings (SSSR count). The summed E-state index contributed by atoms with van der Waals surface area (Å²) in [5.41, 5.74) is 2.93. The average molecular weight is 348 g/mol. The summed E-state index contributed by atoms with van der Waals surface area (Å²) in [5.74, 6) is 0.553. The van der Waals surface area contributed by atoms with Gasteiger partial charge in [0.2, 0.25) is 0 Å². The van der Waals surface area contributed by atoms with Gasteiger partial charge in [0.1, 0.15) is 5.75 Å². The van der Waals surface area contributed by atoms with Crippen molar-refractivity contribution in [3.8, 4) is 5.75 Å². The van der Waals surface area contributed by atoms with Crippen molar-refractivity contribution < 1.29 is 9.53 Å². The Morgan fingerprint density at radius 1 is 1.19 bits per heavy atom. The van der Waals surface area contributed by atoms with Crippen molar-refractivity contribution in [3.05, 3.63) is 58.1 Å². The van der Waals surface area contributed by atoms with Crippen LogP contribution >= 0.6 is 15.9 Å². The van der Waals surface area contributed by atoms with Crippen LogP contribution in [0.1, 0.15) is 18.1 Å². The second kappa shape index (κ2) is 6.76. The van der Waals surface area contributed by atoms with Gasteiger partial charge in [-0.05, 0) is 60.5 Å². The van der Waals surface area contributed by atoms with E-state index in [0.29, 0.717) is 0 Å². The third kappa shape index (κ3) is 4.08. The van der Waals surface area contributed by atoms with Gasteiger partial charge in [-0.1, -0.05) is 29.8 Å². The molecule has 0 unspecified atom stereocenters. The molecule has 0 aliphatic rings. The fourth-order valence-electron chi connectivity index (χ4n) is 1.97. The van der Waals surface area contributed by atoms with Crippen molar-refractivity contribution >= 4 is 27.5 Å². The summed E-state index contributed by atoms with van der Waals surface area (Å²) in [6, 6.07) is 13.4. The third-order valence-corrected chi connectivity index (χ3v) is 3.83. The molecule has 1 amide bonds. The minimum Gasteiger partial charge on any atom is -0.481 e. The minimum atomic E-state index is -0.571. The summed E-state index contributed by atoms with van der Waals surface area (Å²) in [4.78, 5) is 12.2. The van der Waals surface area contributed by atoms with Crippen LogP contribution in [0, 0.1) is 13.8 Å². The smallest absolute Gasteiger partial charge is 0.265 e. The summed E-state index contributed by atoms with van der Waals surface area (Å²) >= 11 is 3.40. The van der Waals surface area contributed by atoms with Crippen LogP contribution < -0.4 is 10.1 Å². The molecule has 0 aliphatic carbocycles. The highest BCUT2D eigenvalue weighted by molar-refractivity contribution is 9.10. The average Bonchev–Trinajstić information content (AvgIpc) is 2.44. The van der Waals surface area contributed by atoms with Crippen molar-refractivity contribution in [1.82, 2.24) is 0 Å². The fourth-order valence-corrected chi connectivity index (χ4v) is 2.36. The molecule has 0 aliphatic heterocycles. The molecule has 2 aromatic rings. The second-order valence-electron chi connectivity index (χ2n) is 5.00. The van der Waals surface area contributed by atoms with Crippen molar-refractivity contribution in [3.63, 3.8) is 0 Å². The zero-order valence-electron chi connectivity index (χ0n) is 12.3. The van der Waals surface area contributed by atoms with Crippen LogP contribution in [0.5, 0.6) is 5.75 Å². The quantitative estimate of drug-likeness (QED) is 0.885. The number of para-hydroxylation sites is 1. The van der Waals surface area contributed by atoms with E-state index in [1.165, 1.54) is 5.56 Å². The predicted molar refractivity (Wildman–Crippen MR) is 88.8 cm³/mol. The van der Waals surface area contributed by atoms with Gasteiger partial charge >= 0.3 is 0 Å². The molecule has 3 nitrogen and oxygen atoms in total. The maximum Gasteiger partial charge on any atom is 0.265 e. The lowest BCUT2D eigenvalue weighted by Crippen LogP contribution is -2.30. The minimum absolute atomic E-state index is 0.179. The molecule has 0 heterocycles. The van der Waals surface area contributed by atoms with Crippen LogP contribution in [0.2, 0.25) is 0 Å². The molecule has 21 heavy (non-hydrogen) atoms. The SMILES string of the molecule is Cc1ccc(O[C@@H](C)C(=O)Nc2ccccc2Br)c(C)c1. The molecule has 0 spiro atoms. The first kappa shape index (κ1) is 15.6. The normalized spacial score (nSPS) is 11.8. The van der Waals surface area contributed by atoms with E-state index < -0.39 is 6.10 Å². The number of carbonyl (C=O) groups excluding carboxylic acids is 1. The molecule has 0 bridgehead atoms. The maximum atomic E-state index is 12.2. The summed E-state index contributed by atoms with van der Waals surface area (Å²) in [6.07, 6.45) is -0.571. The molecule has 1 N–H and O–H groups in total. The highest BCUT2D eigenvalue weighted by atomic mass is 79.9. The third-order valence-electron chi connectivity index (χ3n) is 3.14. The number of ether oxygens (including phenoxy) is 1. The van der Waals surface area contributed by atoms with Gasteiger partial charge < -0.3 is 10.1 Å². The molecule has 2 aromatic carbocycles. The monoisotopic (exact) mass is 347 g/mol. The summed E-state index contributed by atoms with van der Waals surface area (Å²) in [7, 11) is 0. The maximum absolute atomic E-state index is 12.2. The summed E-state index contributed by atoms with van der Waals surface area (Å²) in [6.45, 7) is 5.74. The number of amides is 1. The van der Waals surface area contributed by atoms with Crippen LogP contribution in [0.4, 0.5) is 5.69 Å². The summed E-state index contributed by atoms with van der Waals surface area (Å²) < 4.78 is 6.59. The highest BCUT2D eigenvalue weighted by Crippen LogP contribution is 2.23. The molecule has 0 radical (unpaired) electrons. The van der Waals surface area contributed by atoms with E-state index >= 15 is 0 Å². The number of hydrogen-bond acceptors (Lipinski definition) is 2. The molecular formula is C17H18BrNO2. The molecule has 1 atom stereocenters. The molecule has 0 fully saturated rings. The van der Waals surface area contributed by atoms with Gasteiger partial charge in [0, 0.05) is 4.47 Å². The van der Waals surface area contributed by atoms with E-state index in [1.54, 1.807) is 6.92 Å². The standard InChI is InChI=1S/C17H18BrNO2/c1-11-8-9-16(12(2)10-11)21-13(3)17(20)19-15-7-5-4-6-14(15)18/h4-10,13H,1-3H3,(H,19,20)/t13-/m0/s1. The van der Waals surface area contributed by atoms with Crippen molar-refractivity contribution in [2.75, 3.05) is 5.32 Å². The number of aryl methyl sites for hydroxylation is 2. The first-order valence-electron chi connectivity index (χ1n) is 6.76. The Balaban J connectivity index is 2.04. The largest absolute Gasteiger partial charge is 0.481 e. The van der Waals surface area contributed by atoms with Gasteiger partial charge in [-0.3, -0.25) is 4.79 Å². The van der Waals surface area contributed by atoms with Gasteiger partial charge in [-0.2, -0.15) is 0 Å². The number of nitrogens with one attached hydrogen (secondary N) is 1. The Kier molecular flexibility index (Phi) is 5.02. The molecule has 0 saturated heterocycles. The van der Waals surface area contributed by atoms with Crippen LogP contribution in [0.3, 0.4) is 0 Å². The number of rotatable bonds is 4. The van der Waals surface area contributed by atoms with Gasteiger partial charge in [0.05, 0.1) is 5.69 Å². The van der Waals surface area contributed by atoms with E-state index in [2.05, 4.69) is 21.2 Å². The Bertz CT molecular complexity index is 655. The van der Waals surface area contributed by atoms with Gasteiger partial charge in [-0.15, -0.1) is 0 Å². The zero-order chi connectivity index (χ0) is 15.4. The molecule has 110 valence electrons. The highest BCUT2D eigenvalue weighted by Gasteiger charge is 2.16. The van der Waals surface area contributed by atoms with Gasteiger partial charge in [0.25, 0.3) is 5.91 Å². The number of anilines is 1. The Hall–Kier alpha value is -1.81. The Morgan fingerprint density at radius 2 is 1.90 bits per heavy atom. The lowest BCUT2D eigenvalue weighted by Gasteiger charge is -2.17. The topological polar surface area (TPSA) is 38.3 Å². The molecular weight excluding hydrogens is 330 g/mol. The van der Waals surface area contributed by atoms with Crippen molar-refractivity contribution in [1.29, 1.82) is 0 Å².